The Balaban J connectivity index is 1.94. The number of aromatic nitrogens is 1. The van der Waals surface area contributed by atoms with Crippen molar-refractivity contribution in [3.63, 3.8) is 0 Å². The van der Waals surface area contributed by atoms with Crippen LogP contribution in [0.3, 0.4) is 0 Å². The molecular formula is C17H12F3N3OS. The first kappa shape index (κ1) is 15.6. The largest absolute Gasteiger partial charge is 0.573 e. The molecule has 2 aromatic carbocycles. The maximum Gasteiger partial charge on any atom is 0.573 e. The molecular weight excluding hydrogens is 351 g/mol. The molecule has 0 aliphatic heterocycles. The molecule has 1 heterocycles. The molecule has 0 atom stereocenters. The van der Waals surface area contributed by atoms with Crippen LogP contribution < -0.4 is 10.5 Å². The summed E-state index contributed by atoms with van der Waals surface area (Å²) < 4.78 is 53.5. The molecule has 8 heteroatoms. The van der Waals surface area contributed by atoms with Gasteiger partial charge in [-0.05, 0) is 47.4 Å². The molecule has 2 N–H and O–H groups in total. The summed E-state index contributed by atoms with van der Waals surface area (Å²) in [7, 11) is 0. The molecule has 3 rings (SSSR count). The SMILES string of the molecule is [2H]c1cc(OC(F)(F)F)ccc1N=C(N)c1nsc2cc(C=C)ccc12. The van der Waals surface area contributed by atoms with Gasteiger partial charge in [-0.15, -0.1) is 13.2 Å². The summed E-state index contributed by atoms with van der Waals surface area (Å²) >= 11 is 1.24. The molecule has 0 saturated carbocycles. The predicted molar refractivity (Wildman–Crippen MR) is 93.2 cm³/mol. The van der Waals surface area contributed by atoms with Gasteiger partial charge in [-0.1, -0.05) is 24.8 Å². The first-order valence-corrected chi connectivity index (χ1v) is 7.77. The van der Waals surface area contributed by atoms with E-state index in [0.29, 0.717) is 5.69 Å². The summed E-state index contributed by atoms with van der Waals surface area (Å²) in [6.45, 7) is 3.71. The van der Waals surface area contributed by atoms with E-state index in [-0.39, 0.29) is 17.6 Å². The van der Waals surface area contributed by atoms with Crippen molar-refractivity contribution >= 4 is 39.2 Å². The first-order valence-electron chi connectivity index (χ1n) is 7.49. The lowest BCUT2D eigenvalue weighted by atomic mass is 10.1. The summed E-state index contributed by atoms with van der Waals surface area (Å²) in [6.07, 6.45) is -3.10. The van der Waals surface area contributed by atoms with E-state index in [4.69, 9.17) is 7.10 Å². The van der Waals surface area contributed by atoms with Crippen LogP contribution in [0.4, 0.5) is 18.9 Å². The Bertz CT molecular complexity index is 1010. The van der Waals surface area contributed by atoms with Gasteiger partial charge in [-0.25, -0.2) is 4.99 Å². The van der Waals surface area contributed by atoms with Crippen molar-refractivity contribution in [3.8, 4) is 5.75 Å². The monoisotopic (exact) mass is 364 g/mol. The van der Waals surface area contributed by atoms with Crippen LogP contribution in [0.1, 0.15) is 12.6 Å². The number of rotatable bonds is 4. The van der Waals surface area contributed by atoms with Crippen molar-refractivity contribution in [2.75, 3.05) is 0 Å². The van der Waals surface area contributed by atoms with E-state index in [0.717, 1.165) is 27.8 Å². The molecule has 0 saturated heterocycles. The van der Waals surface area contributed by atoms with Crippen molar-refractivity contribution in [1.82, 2.24) is 4.37 Å². The lowest BCUT2D eigenvalue weighted by Crippen LogP contribution is -2.17. The van der Waals surface area contributed by atoms with E-state index >= 15 is 0 Å². The number of aliphatic imine (C=N–C) groups is 1. The second-order valence-electron chi connectivity index (χ2n) is 4.95. The molecule has 25 heavy (non-hydrogen) atoms. The third-order valence-corrected chi connectivity index (χ3v) is 4.02. The number of hydrogen-bond donors (Lipinski definition) is 1. The maximum absolute atomic E-state index is 12.2. The molecule has 4 nitrogen and oxygen atoms in total. The Kier molecular flexibility index (Phi) is 4.10. The molecule has 128 valence electrons. The Labute approximate surface area is 146 Å². The molecule has 0 spiro atoms. The Hall–Kier alpha value is -2.87. The molecule has 0 aliphatic carbocycles. The number of fused-ring (bicyclic) bond motifs is 1. The number of benzene rings is 2. The molecule has 0 bridgehead atoms. The number of amidine groups is 1. The van der Waals surface area contributed by atoms with Crippen molar-refractivity contribution in [1.29, 1.82) is 0 Å². The van der Waals surface area contributed by atoms with Gasteiger partial charge in [0, 0.05) is 5.39 Å². The third-order valence-electron chi connectivity index (χ3n) is 3.22. The molecule has 0 radical (unpaired) electrons. The number of nitrogens with two attached hydrogens (primary N) is 1. The van der Waals surface area contributed by atoms with E-state index in [2.05, 4.69) is 20.7 Å². The van der Waals surface area contributed by atoms with Gasteiger partial charge in [-0.2, -0.15) is 4.37 Å². The highest BCUT2D eigenvalue weighted by Crippen LogP contribution is 2.27. The highest BCUT2D eigenvalue weighted by atomic mass is 32.1. The molecule has 3 aromatic rings. The maximum atomic E-state index is 12.2. The quantitative estimate of drug-likeness (QED) is 0.530. The van der Waals surface area contributed by atoms with Gasteiger partial charge in [0.25, 0.3) is 0 Å². The zero-order valence-electron chi connectivity index (χ0n) is 13.7. The zero-order chi connectivity index (χ0) is 18.9. The predicted octanol–water partition coefficient (Wildman–Crippen LogP) is 4.87. The average Bonchev–Trinajstić information content (AvgIpc) is 2.99. The van der Waals surface area contributed by atoms with Gasteiger partial charge < -0.3 is 10.5 Å². The lowest BCUT2D eigenvalue weighted by molar-refractivity contribution is -0.274. The minimum atomic E-state index is -4.82. The number of halogens is 3. The van der Waals surface area contributed by atoms with Crippen LogP contribution in [-0.4, -0.2) is 16.6 Å². The van der Waals surface area contributed by atoms with Crippen LogP contribution in [0, 0.1) is 0 Å². The van der Waals surface area contributed by atoms with Crippen LogP contribution in [0.15, 0.2) is 54.0 Å². The minimum absolute atomic E-state index is 0.0700. The van der Waals surface area contributed by atoms with E-state index in [1.807, 2.05) is 18.2 Å². The standard InChI is InChI=1S/C17H12F3N3OS/c1-2-10-3-8-13-14(9-10)25-23-15(13)16(21)22-11-4-6-12(7-5-11)24-17(18,19)20/h2-9H,1H2,(H2,21,22)/i4D. The van der Waals surface area contributed by atoms with Gasteiger partial charge in [0.15, 0.2) is 5.84 Å². The number of ether oxygens (including phenoxy) is 1. The van der Waals surface area contributed by atoms with Gasteiger partial charge in [0.05, 0.1) is 11.8 Å². The Morgan fingerprint density at radius 2 is 2.12 bits per heavy atom. The summed E-state index contributed by atoms with van der Waals surface area (Å²) in [5.41, 5.74) is 7.50. The second kappa shape index (κ2) is 6.56. The number of hydrogen-bond acceptors (Lipinski definition) is 4. The minimum Gasteiger partial charge on any atom is -0.406 e. The van der Waals surface area contributed by atoms with Crippen LogP contribution >= 0.6 is 11.5 Å². The molecule has 0 fully saturated rings. The van der Waals surface area contributed by atoms with E-state index < -0.39 is 12.1 Å². The van der Waals surface area contributed by atoms with Gasteiger partial charge >= 0.3 is 6.36 Å². The average molecular weight is 364 g/mol. The topological polar surface area (TPSA) is 60.5 Å². The van der Waals surface area contributed by atoms with Crippen LogP contribution in [0.2, 0.25) is 0 Å². The van der Waals surface area contributed by atoms with Crippen LogP contribution in [0.25, 0.3) is 16.2 Å². The fourth-order valence-corrected chi connectivity index (χ4v) is 2.95. The molecule has 0 amide bonds. The fourth-order valence-electron chi connectivity index (χ4n) is 2.12. The normalized spacial score (nSPS) is 12.9. The van der Waals surface area contributed by atoms with Crippen molar-refractivity contribution in [3.05, 3.63) is 60.3 Å². The molecule has 0 aliphatic rings. The van der Waals surface area contributed by atoms with Crippen LogP contribution in [-0.2, 0) is 0 Å². The highest BCUT2D eigenvalue weighted by Gasteiger charge is 2.30. The van der Waals surface area contributed by atoms with Crippen molar-refractivity contribution in [2.24, 2.45) is 10.7 Å². The van der Waals surface area contributed by atoms with E-state index in [1.165, 1.54) is 17.6 Å². The van der Waals surface area contributed by atoms with Gasteiger partial charge in [0.2, 0.25) is 0 Å². The molecule has 1 aromatic heterocycles. The van der Waals surface area contributed by atoms with E-state index in [9.17, 15) is 13.2 Å². The summed E-state index contributed by atoms with van der Waals surface area (Å²) in [5.74, 6) is -0.420. The second-order valence-corrected chi connectivity index (χ2v) is 5.75. The summed E-state index contributed by atoms with van der Waals surface area (Å²) in [4.78, 5) is 4.13. The van der Waals surface area contributed by atoms with Gasteiger partial charge in [-0.3, -0.25) is 0 Å². The van der Waals surface area contributed by atoms with E-state index in [1.54, 1.807) is 6.08 Å². The summed E-state index contributed by atoms with van der Waals surface area (Å²) in [5, 5.41) is 0.797. The third kappa shape index (κ3) is 3.97. The fraction of sp³-hybridized carbons (Fsp3) is 0.0588. The van der Waals surface area contributed by atoms with Crippen molar-refractivity contribution in [2.45, 2.75) is 6.36 Å². The van der Waals surface area contributed by atoms with Gasteiger partial charge in [0.1, 0.15) is 11.4 Å². The zero-order valence-corrected chi connectivity index (χ0v) is 13.5. The Morgan fingerprint density at radius 1 is 1.32 bits per heavy atom. The Morgan fingerprint density at radius 3 is 2.80 bits per heavy atom. The number of nitrogens with zero attached hydrogens (tertiary/aromatic N) is 2. The van der Waals surface area contributed by atoms with Crippen molar-refractivity contribution < 1.29 is 19.3 Å². The highest BCUT2D eigenvalue weighted by molar-refractivity contribution is 7.13. The van der Waals surface area contributed by atoms with Crippen LogP contribution in [0.5, 0.6) is 5.75 Å². The first-order chi connectivity index (χ1) is 12.3. The number of alkyl halides is 3. The lowest BCUT2D eigenvalue weighted by Gasteiger charge is -2.08. The smallest absolute Gasteiger partial charge is 0.406 e. The molecule has 0 unspecified atom stereocenters. The summed E-state index contributed by atoms with van der Waals surface area (Å²) in [6, 6.07) is 8.61.